The zero-order valence-corrected chi connectivity index (χ0v) is 12.2. The summed E-state index contributed by atoms with van der Waals surface area (Å²) >= 11 is 0. The Morgan fingerprint density at radius 3 is 2.90 bits per heavy atom. The number of aromatic nitrogens is 1. The first-order valence-electron chi connectivity index (χ1n) is 6.71. The molecule has 1 aromatic rings. The fourth-order valence-electron chi connectivity index (χ4n) is 2.38. The number of anilines is 1. The second-order valence-electron chi connectivity index (χ2n) is 5.39. The molecule has 2 rings (SSSR count). The third kappa shape index (κ3) is 3.43. The Morgan fingerprint density at radius 2 is 2.25 bits per heavy atom. The number of piperazine rings is 1. The zero-order chi connectivity index (χ0) is 14.7. The SMILES string of the molecule is Cc1cc([N+](=O)[O-])cnc1NCC1CN(C)CCN1C. The van der Waals surface area contributed by atoms with Crippen molar-refractivity contribution in [2.24, 2.45) is 0 Å². The lowest BCUT2D eigenvalue weighted by molar-refractivity contribution is -0.385. The van der Waals surface area contributed by atoms with Crippen LogP contribution in [0.3, 0.4) is 0 Å². The van der Waals surface area contributed by atoms with Gasteiger partial charge in [0, 0.05) is 38.3 Å². The first-order valence-corrected chi connectivity index (χ1v) is 6.71. The van der Waals surface area contributed by atoms with Crippen molar-refractivity contribution in [3.05, 3.63) is 27.9 Å². The Morgan fingerprint density at radius 1 is 1.50 bits per heavy atom. The summed E-state index contributed by atoms with van der Waals surface area (Å²) in [5, 5.41) is 14.0. The highest BCUT2D eigenvalue weighted by Crippen LogP contribution is 2.18. The molecule has 2 heterocycles. The average molecular weight is 279 g/mol. The van der Waals surface area contributed by atoms with Gasteiger partial charge >= 0.3 is 0 Å². The van der Waals surface area contributed by atoms with Gasteiger partial charge in [0.15, 0.2) is 0 Å². The van der Waals surface area contributed by atoms with E-state index in [-0.39, 0.29) is 5.69 Å². The maximum atomic E-state index is 10.7. The summed E-state index contributed by atoms with van der Waals surface area (Å²) < 4.78 is 0. The summed E-state index contributed by atoms with van der Waals surface area (Å²) in [6.45, 7) is 5.76. The van der Waals surface area contributed by atoms with Crippen LogP contribution < -0.4 is 5.32 Å². The Bertz CT molecular complexity index is 494. The quantitative estimate of drug-likeness (QED) is 0.653. The number of hydrogen-bond donors (Lipinski definition) is 1. The van der Waals surface area contributed by atoms with E-state index >= 15 is 0 Å². The van der Waals surface area contributed by atoms with Crippen LogP contribution in [0.25, 0.3) is 0 Å². The number of pyridine rings is 1. The largest absolute Gasteiger partial charge is 0.368 e. The molecule has 1 unspecified atom stereocenters. The molecule has 0 aliphatic carbocycles. The monoisotopic (exact) mass is 279 g/mol. The van der Waals surface area contributed by atoms with Crippen LogP contribution in [0.15, 0.2) is 12.3 Å². The molecule has 0 aromatic carbocycles. The summed E-state index contributed by atoms with van der Waals surface area (Å²) in [6, 6.07) is 1.97. The number of nitrogens with one attached hydrogen (secondary N) is 1. The normalized spacial score (nSPS) is 20.9. The molecular weight excluding hydrogens is 258 g/mol. The molecule has 1 aliphatic heterocycles. The molecule has 0 radical (unpaired) electrons. The molecule has 7 nitrogen and oxygen atoms in total. The maximum absolute atomic E-state index is 10.7. The minimum atomic E-state index is -0.423. The molecule has 1 atom stereocenters. The molecule has 110 valence electrons. The summed E-state index contributed by atoms with van der Waals surface area (Å²) in [5.41, 5.74) is 0.827. The number of nitrogens with zero attached hydrogens (tertiary/aromatic N) is 4. The van der Waals surface area contributed by atoms with Gasteiger partial charge in [0.1, 0.15) is 12.0 Å². The maximum Gasteiger partial charge on any atom is 0.287 e. The summed E-state index contributed by atoms with van der Waals surface area (Å²) in [6.07, 6.45) is 1.30. The topological polar surface area (TPSA) is 74.5 Å². The van der Waals surface area contributed by atoms with Gasteiger partial charge in [-0.2, -0.15) is 0 Å². The Balaban J connectivity index is 1.98. The standard InChI is InChI=1S/C13H21N5O2/c1-10-6-11(18(19)20)7-14-13(10)15-8-12-9-16(2)4-5-17(12)3/h6-7,12H,4-5,8-9H2,1-3H3,(H,14,15). The van der Waals surface area contributed by atoms with Gasteiger partial charge in [-0.3, -0.25) is 15.0 Å². The van der Waals surface area contributed by atoms with Crippen LogP contribution in [0, 0.1) is 17.0 Å². The highest BCUT2D eigenvalue weighted by atomic mass is 16.6. The average Bonchev–Trinajstić information content (AvgIpc) is 2.40. The third-order valence-corrected chi connectivity index (χ3v) is 3.76. The van der Waals surface area contributed by atoms with Gasteiger partial charge < -0.3 is 10.2 Å². The molecule has 1 aliphatic rings. The lowest BCUT2D eigenvalue weighted by Crippen LogP contribution is -2.52. The Labute approximate surface area is 118 Å². The first kappa shape index (κ1) is 14.7. The van der Waals surface area contributed by atoms with Gasteiger partial charge in [-0.15, -0.1) is 0 Å². The number of hydrogen-bond acceptors (Lipinski definition) is 6. The van der Waals surface area contributed by atoms with E-state index in [4.69, 9.17) is 0 Å². The molecule has 1 aromatic heterocycles. The van der Waals surface area contributed by atoms with Gasteiger partial charge in [-0.05, 0) is 26.6 Å². The minimum absolute atomic E-state index is 0.0302. The van der Waals surface area contributed by atoms with Crippen molar-refractivity contribution >= 4 is 11.5 Å². The van der Waals surface area contributed by atoms with E-state index < -0.39 is 4.92 Å². The van der Waals surface area contributed by atoms with Crippen molar-refractivity contribution in [3.63, 3.8) is 0 Å². The van der Waals surface area contributed by atoms with Crippen LogP contribution in [0.1, 0.15) is 5.56 Å². The van der Waals surface area contributed by atoms with Crippen molar-refractivity contribution < 1.29 is 4.92 Å². The van der Waals surface area contributed by atoms with Crippen LogP contribution in [-0.2, 0) is 0 Å². The van der Waals surface area contributed by atoms with Gasteiger partial charge in [0.05, 0.1) is 4.92 Å². The fourth-order valence-corrected chi connectivity index (χ4v) is 2.38. The van der Waals surface area contributed by atoms with E-state index in [1.54, 1.807) is 6.07 Å². The van der Waals surface area contributed by atoms with E-state index in [1.165, 1.54) is 6.20 Å². The van der Waals surface area contributed by atoms with E-state index in [1.807, 2.05) is 6.92 Å². The van der Waals surface area contributed by atoms with E-state index in [0.29, 0.717) is 6.04 Å². The van der Waals surface area contributed by atoms with Crippen LogP contribution in [-0.4, -0.2) is 66.0 Å². The van der Waals surface area contributed by atoms with Gasteiger partial charge in [0.25, 0.3) is 5.69 Å². The number of rotatable bonds is 4. The second kappa shape index (κ2) is 6.15. The summed E-state index contributed by atoms with van der Waals surface area (Å²) in [5.74, 6) is 0.720. The molecular formula is C13H21N5O2. The van der Waals surface area contributed by atoms with Crippen LogP contribution in [0.2, 0.25) is 0 Å². The summed E-state index contributed by atoms with van der Waals surface area (Å²) in [7, 11) is 4.24. The molecule has 1 fully saturated rings. The lowest BCUT2D eigenvalue weighted by atomic mass is 10.2. The Kier molecular flexibility index (Phi) is 4.51. The fraction of sp³-hybridized carbons (Fsp3) is 0.615. The van der Waals surface area contributed by atoms with Crippen molar-refractivity contribution in [2.75, 3.05) is 45.6 Å². The highest BCUT2D eigenvalue weighted by Gasteiger charge is 2.22. The van der Waals surface area contributed by atoms with Gasteiger partial charge in [0.2, 0.25) is 0 Å². The number of likely N-dealkylation sites (N-methyl/N-ethyl adjacent to an activating group) is 2. The molecule has 0 bridgehead atoms. The highest BCUT2D eigenvalue weighted by molar-refractivity contribution is 5.48. The lowest BCUT2D eigenvalue weighted by Gasteiger charge is -2.37. The minimum Gasteiger partial charge on any atom is -0.368 e. The predicted molar refractivity (Wildman–Crippen MR) is 78.0 cm³/mol. The van der Waals surface area contributed by atoms with Crippen molar-refractivity contribution in [1.29, 1.82) is 0 Å². The van der Waals surface area contributed by atoms with Crippen molar-refractivity contribution in [1.82, 2.24) is 14.8 Å². The number of nitro groups is 1. The van der Waals surface area contributed by atoms with E-state index in [9.17, 15) is 10.1 Å². The molecule has 0 amide bonds. The molecule has 1 N–H and O–H groups in total. The zero-order valence-electron chi connectivity index (χ0n) is 12.2. The van der Waals surface area contributed by atoms with E-state index in [2.05, 4.69) is 34.2 Å². The molecule has 0 spiro atoms. The molecule has 0 saturated carbocycles. The Hall–Kier alpha value is -1.73. The van der Waals surface area contributed by atoms with Crippen LogP contribution >= 0.6 is 0 Å². The first-order chi connectivity index (χ1) is 9.47. The molecule has 1 saturated heterocycles. The van der Waals surface area contributed by atoms with Gasteiger partial charge in [-0.25, -0.2) is 4.98 Å². The van der Waals surface area contributed by atoms with Crippen molar-refractivity contribution in [2.45, 2.75) is 13.0 Å². The third-order valence-electron chi connectivity index (χ3n) is 3.76. The van der Waals surface area contributed by atoms with Gasteiger partial charge in [-0.1, -0.05) is 0 Å². The smallest absolute Gasteiger partial charge is 0.287 e. The van der Waals surface area contributed by atoms with E-state index in [0.717, 1.165) is 37.6 Å². The predicted octanol–water partition coefficient (Wildman–Crippen LogP) is 0.956. The van der Waals surface area contributed by atoms with Crippen molar-refractivity contribution in [3.8, 4) is 0 Å². The van der Waals surface area contributed by atoms with Crippen LogP contribution in [0.4, 0.5) is 11.5 Å². The molecule has 7 heteroatoms. The molecule has 20 heavy (non-hydrogen) atoms. The number of aryl methyl sites for hydroxylation is 1. The van der Waals surface area contributed by atoms with Crippen LogP contribution in [0.5, 0.6) is 0 Å². The second-order valence-corrected chi connectivity index (χ2v) is 5.39. The summed E-state index contributed by atoms with van der Waals surface area (Å²) in [4.78, 5) is 19.0.